The molecular weight excluding hydrogens is 297 g/mol. The molecule has 1 aliphatic heterocycles. The fourth-order valence-electron chi connectivity index (χ4n) is 2.95. The molecule has 0 radical (unpaired) electrons. The first-order valence-electron chi connectivity index (χ1n) is 7.79. The Bertz CT molecular complexity index is 752. The summed E-state index contributed by atoms with van der Waals surface area (Å²) >= 11 is 0. The Labute approximate surface area is 134 Å². The lowest BCUT2D eigenvalue weighted by Crippen LogP contribution is -2.37. The summed E-state index contributed by atoms with van der Waals surface area (Å²) in [5.41, 5.74) is 1.51. The normalized spacial score (nSPS) is 15.9. The SMILES string of the molecule is Cc1ncn(CC2CCN(c3ncncc3F)CC2)c(=O)c1C. The molecule has 0 amide bonds. The van der Waals surface area contributed by atoms with Crippen molar-refractivity contribution >= 4 is 5.82 Å². The number of nitrogens with zero attached hydrogens (tertiary/aromatic N) is 5. The van der Waals surface area contributed by atoms with Crippen molar-refractivity contribution in [3.63, 3.8) is 0 Å². The summed E-state index contributed by atoms with van der Waals surface area (Å²) in [6.07, 6.45) is 5.96. The Morgan fingerprint density at radius 3 is 2.70 bits per heavy atom. The molecule has 0 atom stereocenters. The molecule has 0 aliphatic carbocycles. The summed E-state index contributed by atoms with van der Waals surface area (Å²) < 4.78 is 15.4. The highest BCUT2D eigenvalue weighted by molar-refractivity contribution is 5.38. The molecule has 1 fully saturated rings. The first kappa shape index (κ1) is 15.6. The van der Waals surface area contributed by atoms with Crippen LogP contribution in [0, 0.1) is 25.6 Å². The zero-order chi connectivity index (χ0) is 16.4. The second-order valence-electron chi connectivity index (χ2n) is 6.04. The van der Waals surface area contributed by atoms with Gasteiger partial charge in [0.25, 0.3) is 5.56 Å². The molecule has 0 N–H and O–H groups in total. The van der Waals surface area contributed by atoms with E-state index in [0.717, 1.165) is 31.6 Å². The third-order valence-electron chi connectivity index (χ3n) is 4.53. The van der Waals surface area contributed by atoms with E-state index in [1.54, 1.807) is 10.9 Å². The van der Waals surface area contributed by atoms with Crippen molar-refractivity contribution in [2.75, 3.05) is 18.0 Å². The summed E-state index contributed by atoms with van der Waals surface area (Å²) in [6, 6.07) is 0. The van der Waals surface area contributed by atoms with Crippen LogP contribution in [-0.2, 0) is 6.54 Å². The van der Waals surface area contributed by atoms with Crippen molar-refractivity contribution in [2.24, 2.45) is 5.92 Å². The van der Waals surface area contributed by atoms with Crippen molar-refractivity contribution in [3.05, 3.63) is 46.3 Å². The van der Waals surface area contributed by atoms with Crippen LogP contribution >= 0.6 is 0 Å². The number of aryl methyl sites for hydroxylation is 1. The first-order valence-corrected chi connectivity index (χ1v) is 7.79. The van der Waals surface area contributed by atoms with Gasteiger partial charge in [-0.15, -0.1) is 0 Å². The second kappa shape index (κ2) is 6.44. The number of hydrogen-bond donors (Lipinski definition) is 0. The minimum Gasteiger partial charge on any atom is -0.354 e. The molecule has 1 saturated heterocycles. The van der Waals surface area contributed by atoms with Gasteiger partial charge in [-0.2, -0.15) is 0 Å². The van der Waals surface area contributed by atoms with Crippen molar-refractivity contribution < 1.29 is 4.39 Å². The van der Waals surface area contributed by atoms with E-state index < -0.39 is 0 Å². The van der Waals surface area contributed by atoms with Crippen molar-refractivity contribution in [3.8, 4) is 0 Å². The molecule has 0 spiro atoms. The summed E-state index contributed by atoms with van der Waals surface area (Å²) in [5.74, 6) is 0.363. The van der Waals surface area contributed by atoms with E-state index in [-0.39, 0.29) is 11.4 Å². The Hall–Kier alpha value is -2.31. The van der Waals surface area contributed by atoms with Crippen molar-refractivity contribution in [1.29, 1.82) is 0 Å². The van der Waals surface area contributed by atoms with Crippen LogP contribution in [0.15, 0.2) is 23.6 Å². The zero-order valence-electron chi connectivity index (χ0n) is 13.4. The standard InChI is InChI=1S/C16H20FN5O/c1-11-12(2)20-10-22(16(11)23)8-13-3-5-21(6-4-13)15-14(17)7-18-9-19-15/h7,9-10,13H,3-6,8H2,1-2H3. The molecule has 0 saturated carbocycles. The van der Waals surface area contributed by atoms with E-state index in [1.807, 2.05) is 18.7 Å². The molecule has 3 rings (SSSR count). The van der Waals surface area contributed by atoms with Crippen molar-refractivity contribution in [2.45, 2.75) is 33.2 Å². The topological polar surface area (TPSA) is 63.9 Å². The number of hydrogen-bond acceptors (Lipinski definition) is 5. The minimum atomic E-state index is -0.388. The minimum absolute atomic E-state index is 0.0294. The highest BCUT2D eigenvalue weighted by Crippen LogP contribution is 2.24. The van der Waals surface area contributed by atoms with E-state index in [0.29, 0.717) is 23.8 Å². The largest absolute Gasteiger partial charge is 0.354 e. The molecule has 23 heavy (non-hydrogen) atoms. The number of aromatic nitrogens is 4. The summed E-state index contributed by atoms with van der Waals surface area (Å²) in [5, 5.41) is 0. The zero-order valence-corrected chi connectivity index (χ0v) is 13.4. The third-order valence-corrected chi connectivity index (χ3v) is 4.53. The average molecular weight is 317 g/mol. The lowest BCUT2D eigenvalue weighted by molar-refractivity contribution is 0.348. The van der Waals surface area contributed by atoms with Crippen LogP contribution in [0.1, 0.15) is 24.1 Å². The molecular formula is C16H20FN5O. The Balaban J connectivity index is 1.65. The van der Waals surface area contributed by atoms with Gasteiger partial charge in [0.05, 0.1) is 12.5 Å². The van der Waals surface area contributed by atoms with Crippen LogP contribution in [0.2, 0.25) is 0 Å². The Morgan fingerprint density at radius 1 is 1.26 bits per heavy atom. The van der Waals surface area contributed by atoms with Gasteiger partial charge < -0.3 is 4.90 Å². The van der Waals surface area contributed by atoms with Gasteiger partial charge in [0.15, 0.2) is 11.6 Å². The molecule has 0 aromatic carbocycles. The average Bonchev–Trinajstić information content (AvgIpc) is 2.57. The third kappa shape index (κ3) is 3.23. The quantitative estimate of drug-likeness (QED) is 0.862. The van der Waals surface area contributed by atoms with E-state index in [9.17, 15) is 9.18 Å². The van der Waals surface area contributed by atoms with Crippen LogP contribution in [0.5, 0.6) is 0 Å². The maximum absolute atomic E-state index is 13.7. The van der Waals surface area contributed by atoms with Crippen LogP contribution in [0.3, 0.4) is 0 Å². The smallest absolute Gasteiger partial charge is 0.256 e. The first-order chi connectivity index (χ1) is 11.1. The molecule has 2 aromatic heterocycles. The van der Waals surface area contributed by atoms with Crippen LogP contribution in [-0.4, -0.2) is 32.6 Å². The van der Waals surface area contributed by atoms with Crippen LogP contribution < -0.4 is 10.5 Å². The lowest BCUT2D eigenvalue weighted by atomic mass is 9.96. The van der Waals surface area contributed by atoms with E-state index in [2.05, 4.69) is 15.0 Å². The van der Waals surface area contributed by atoms with Gasteiger partial charge >= 0.3 is 0 Å². The van der Waals surface area contributed by atoms with Gasteiger partial charge in [-0.05, 0) is 32.6 Å². The van der Waals surface area contributed by atoms with Crippen LogP contribution in [0.25, 0.3) is 0 Å². The van der Waals surface area contributed by atoms with Gasteiger partial charge in [-0.3, -0.25) is 9.36 Å². The van der Waals surface area contributed by atoms with Gasteiger partial charge in [-0.25, -0.2) is 19.3 Å². The molecule has 3 heterocycles. The number of rotatable bonds is 3. The van der Waals surface area contributed by atoms with Crippen molar-refractivity contribution in [1.82, 2.24) is 19.5 Å². The van der Waals surface area contributed by atoms with Gasteiger partial charge in [0, 0.05) is 30.9 Å². The number of anilines is 1. The predicted molar refractivity (Wildman–Crippen MR) is 84.9 cm³/mol. The summed E-state index contributed by atoms with van der Waals surface area (Å²) in [4.78, 5) is 26.1. The maximum Gasteiger partial charge on any atom is 0.256 e. The fraction of sp³-hybridized carbons (Fsp3) is 0.500. The number of piperidine rings is 1. The fourth-order valence-corrected chi connectivity index (χ4v) is 2.95. The highest BCUT2D eigenvalue weighted by Gasteiger charge is 2.23. The molecule has 122 valence electrons. The Kier molecular flexibility index (Phi) is 4.36. The molecule has 0 bridgehead atoms. The lowest BCUT2D eigenvalue weighted by Gasteiger charge is -2.33. The summed E-state index contributed by atoms with van der Waals surface area (Å²) in [7, 11) is 0. The molecule has 1 aliphatic rings. The monoisotopic (exact) mass is 317 g/mol. The highest BCUT2D eigenvalue weighted by atomic mass is 19.1. The number of halogens is 1. The molecule has 0 unspecified atom stereocenters. The van der Waals surface area contributed by atoms with E-state index in [4.69, 9.17) is 0 Å². The van der Waals surface area contributed by atoms with Gasteiger partial charge in [0.1, 0.15) is 6.33 Å². The van der Waals surface area contributed by atoms with E-state index in [1.165, 1.54) is 12.5 Å². The molecule has 2 aromatic rings. The Morgan fingerprint density at radius 2 is 2.00 bits per heavy atom. The van der Waals surface area contributed by atoms with E-state index >= 15 is 0 Å². The maximum atomic E-state index is 13.7. The van der Waals surface area contributed by atoms with Gasteiger partial charge in [-0.1, -0.05) is 0 Å². The molecule has 7 heteroatoms. The summed E-state index contributed by atoms with van der Waals surface area (Å²) in [6.45, 7) is 5.77. The van der Waals surface area contributed by atoms with Gasteiger partial charge in [0.2, 0.25) is 0 Å². The predicted octanol–water partition coefficient (Wildman–Crippen LogP) is 1.71. The second-order valence-corrected chi connectivity index (χ2v) is 6.04. The van der Waals surface area contributed by atoms with Crippen LogP contribution in [0.4, 0.5) is 10.2 Å². The molecule has 6 nitrogen and oxygen atoms in total.